The summed E-state index contributed by atoms with van der Waals surface area (Å²) < 4.78 is 25.3. The monoisotopic (exact) mass is 266 g/mol. The van der Waals surface area contributed by atoms with Gasteiger partial charge in [-0.2, -0.15) is 4.31 Å². The summed E-state index contributed by atoms with van der Waals surface area (Å²) >= 11 is 0. The fourth-order valence-electron chi connectivity index (χ4n) is 2.09. The Bertz CT molecular complexity index is 665. The van der Waals surface area contributed by atoms with Crippen LogP contribution in [0.3, 0.4) is 0 Å². The highest BCUT2D eigenvalue weighted by Crippen LogP contribution is 2.33. The Morgan fingerprint density at radius 2 is 2.11 bits per heavy atom. The van der Waals surface area contributed by atoms with Crippen molar-refractivity contribution in [1.29, 1.82) is 0 Å². The molecule has 1 unspecified atom stereocenters. The van der Waals surface area contributed by atoms with Crippen LogP contribution in [0.1, 0.15) is 23.7 Å². The molecule has 1 aromatic rings. The molecule has 0 aliphatic carbocycles. The number of nitrogens with zero attached hydrogens (tertiary/aromatic N) is 2. The van der Waals surface area contributed by atoms with E-state index in [1.807, 2.05) is 0 Å². The van der Waals surface area contributed by atoms with Crippen molar-refractivity contribution in [1.82, 2.24) is 4.31 Å². The summed E-state index contributed by atoms with van der Waals surface area (Å²) in [5.41, 5.74) is 0.851. The lowest BCUT2D eigenvalue weighted by Gasteiger charge is -2.19. The molecule has 1 atom stereocenters. The maximum atomic E-state index is 12.3. The number of benzene rings is 1. The van der Waals surface area contributed by atoms with Crippen molar-refractivity contribution in [3.8, 4) is 0 Å². The van der Waals surface area contributed by atoms with Crippen molar-refractivity contribution in [2.24, 2.45) is 5.16 Å². The minimum atomic E-state index is -3.82. The zero-order valence-corrected chi connectivity index (χ0v) is 10.3. The Balaban J connectivity index is 2.08. The predicted octanol–water partition coefficient (Wildman–Crippen LogP) is 0.953. The smallest absolute Gasteiger partial charge is 0.272 e. The van der Waals surface area contributed by atoms with Crippen molar-refractivity contribution in [3.05, 3.63) is 29.8 Å². The van der Waals surface area contributed by atoms with Crippen LogP contribution < -0.4 is 0 Å². The molecular weight excluding hydrogens is 256 g/mol. The molecule has 0 fully saturated rings. The SMILES string of the molecule is CC1=NOC(N2C(=O)c3ccccc3S2(=O)=O)C1. The molecule has 2 aliphatic heterocycles. The number of amides is 1. The summed E-state index contributed by atoms with van der Waals surface area (Å²) in [7, 11) is -3.82. The second kappa shape index (κ2) is 3.55. The molecule has 2 aliphatic rings. The van der Waals surface area contributed by atoms with Crippen molar-refractivity contribution < 1.29 is 18.0 Å². The Kier molecular flexibility index (Phi) is 2.21. The molecule has 6 nitrogen and oxygen atoms in total. The van der Waals surface area contributed by atoms with Crippen molar-refractivity contribution >= 4 is 21.6 Å². The van der Waals surface area contributed by atoms with Crippen molar-refractivity contribution in [2.45, 2.75) is 24.5 Å². The van der Waals surface area contributed by atoms with Gasteiger partial charge in [0.1, 0.15) is 4.90 Å². The summed E-state index contributed by atoms with van der Waals surface area (Å²) in [6.45, 7) is 1.72. The standard InChI is InChI=1S/C11H10N2O4S/c1-7-6-10(17-12-7)13-11(14)8-4-2-3-5-9(8)18(13,15)16/h2-5,10H,6H2,1H3. The number of carbonyl (C=O) groups is 1. The van der Waals surface area contributed by atoms with E-state index in [9.17, 15) is 13.2 Å². The summed E-state index contributed by atoms with van der Waals surface area (Å²) in [5.74, 6) is -0.555. The van der Waals surface area contributed by atoms with E-state index in [1.54, 1.807) is 19.1 Å². The van der Waals surface area contributed by atoms with E-state index in [4.69, 9.17) is 4.84 Å². The van der Waals surface area contributed by atoms with E-state index in [-0.39, 0.29) is 10.5 Å². The van der Waals surface area contributed by atoms with Gasteiger partial charge in [0.15, 0.2) is 0 Å². The fraction of sp³-hybridized carbons (Fsp3) is 0.273. The van der Waals surface area contributed by atoms with Crippen LogP contribution in [0.4, 0.5) is 0 Å². The van der Waals surface area contributed by atoms with Gasteiger partial charge in [0, 0.05) is 6.42 Å². The Morgan fingerprint density at radius 3 is 2.72 bits per heavy atom. The van der Waals surface area contributed by atoms with Gasteiger partial charge >= 0.3 is 0 Å². The number of hydrogen-bond donors (Lipinski definition) is 0. The first-order chi connectivity index (χ1) is 8.51. The summed E-state index contributed by atoms with van der Waals surface area (Å²) in [5, 5.41) is 3.68. The molecule has 0 N–H and O–H groups in total. The first-order valence-corrected chi connectivity index (χ1v) is 6.83. The zero-order valence-electron chi connectivity index (χ0n) is 9.53. The van der Waals surface area contributed by atoms with Crippen LogP contribution in [-0.2, 0) is 14.9 Å². The molecule has 7 heteroatoms. The molecule has 1 amide bonds. The van der Waals surface area contributed by atoms with Gasteiger partial charge in [0.2, 0.25) is 6.23 Å². The minimum absolute atomic E-state index is 0.0307. The van der Waals surface area contributed by atoms with Gasteiger partial charge < -0.3 is 4.84 Å². The number of rotatable bonds is 1. The molecular formula is C11H10N2O4S. The highest BCUT2D eigenvalue weighted by atomic mass is 32.2. The first kappa shape index (κ1) is 11.2. The second-order valence-corrected chi connectivity index (χ2v) is 5.98. The lowest BCUT2D eigenvalue weighted by Crippen LogP contribution is -2.39. The fourth-order valence-corrected chi connectivity index (χ4v) is 3.73. The highest BCUT2D eigenvalue weighted by molar-refractivity contribution is 7.90. The third-order valence-corrected chi connectivity index (χ3v) is 4.75. The Morgan fingerprint density at radius 1 is 1.39 bits per heavy atom. The number of hydrogen-bond acceptors (Lipinski definition) is 5. The predicted molar refractivity (Wildman–Crippen MR) is 62.4 cm³/mol. The lowest BCUT2D eigenvalue weighted by atomic mass is 10.2. The summed E-state index contributed by atoms with van der Waals surface area (Å²) in [6, 6.07) is 6.14. The summed E-state index contributed by atoms with van der Waals surface area (Å²) in [6.07, 6.45) is -0.561. The van der Waals surface area contributed by atoms with Gasteiger partial charge in [0.25, 0.3) is 15.9 Å². The first-order valence-electron chi connectivity index (χ1n) is 5.39. The van der Waals surface area contributed by atoms with E-state index in [2.05, 4.69) is 5.16 Å². The molecule has 0 saturated heterocycles. The van der Waals surface area contributed by atoms with Crippen LogP contribution in [-0.4, -0.2) is 30.6 Å². The molecule has 0 radical (unpaired) electrons. The quantitative estimate of drug-likeness (QED) is 0.758. The molecule has 0 saturated carbocycles. The summed E-state index contributed by atoms with van der Waals surface area (Å²) in [4.78, 5) is 17.2. The number of carbonyl (C=O) groups excluding carboxylic acids is 1. The molecule has 0 aromatic heterocycles. The van der Waals surface area contributed by atoms with E-state index >= 15 is 0 Å². The van der Waals surface area contributed by atoms with Crippen LogP contribution in [0.2, 0.25) is 0 Å². The molecule has 18 heavy (non-hydrogen) atoms. The molecule has 94 valence electrons. The Labute approximate surface area is 104 Å². The maximum Gasteiger partial charge on any atom is 0.272 e. The number of fused-ring (bicyclic) bond motifs is 1. The lowest BCUT2D eigenvalue weighted by molar-refractivity contribution is 0.0106. The number of oxime groups is 1. The maximum absolute atomic E-state index is 12.3. The third kappa shape index (κ3) is 1.37. The number of sulfonamides is 1. The van der Waals surface area contributed by atoms with Gasteiger partial charge in [-0.25, -0.2) is 8.42 Å². The topological polar surface area (TPSA) is 76.0 Å². The van der Waals surface area contributed by atoms with Crippen LogP contribution in [0.5, 0.6) is 0 Å². The molecule has 1 aromatic carbocycles. The average Bonchev–Trinajstić information content (AvgIpc) is 2.82. The molecule has 0 bridgehead atoms. The highest BCUT2D eigenvalue weighted by Gasteiger charge is 2.47. The second-order valence-electron chi connectivity index (χ2n) is 4.19. The third-order valence-electron chi connectivity index (χ3n) is 2.92. The van der Waals surface area contributed by atoms with Crippen LogP contribution in [0.15, 0.2) is 34.3 Å². The van der Waals surface area contributed by atoms with Crippen LogP contribution in [0, 0.1) is 0 Å². The molecule has 2 heterocycles. The minimum Gasteiger partial charge on any atom is -0.369 e. The van der Waals surface area contributed by atoms with Crippen LogP contribution in [0.25, 0.3) is 0 Å². The molecule has 3 rings (SSSR count). The largest absolute Gasteiger partial charge is 0.369 e. The van der Waals surface area contributed by atoms with Gasteiger partial charge in [-0.1, -0.05) is 17.3 Å². The average molecular weight is 266 g/mol. The van der Waals surface area contributed by atoms with Gasteiger partial charge in [-0.05, 0) is 19.1 Å². The van der Waals surface area contributed by atoms with Gasteiger partial charge in [0.05, 0.1) is 11.3 Å². The van der Waals surface area contributed by atoms with E-state index in [0.717, 1.165) is 4.31 Å². The normalized spacial score (nSPS) is 24.7. The van der Waals surface area contributed by atoms with Gasteiger partial charge in [-0.3, -0.25) is 4.79 Å². The van der Waals surface area contributed by atoms with Crippen LogP contribution >= 0.6 is 0 Å². The van der Waals surface area contributed by atoms with E-state index < -0.39 is 22.2 Å². The molecule has 0 spiro atoms. The van der Waals surface area contributed by atoms with E-state index in [1.165, 1.54) is 12.1 Å². The van der Waals surface area contributed by atoms with Gasteiger partial charge in [-0.15, -0.1) is 0 Å². The van der Waals surface area contributed by atoms with Crippen molar-refractivity contribution in [3.63, 3.8) is 0 Å². The van der Waals surface area contributed by atoms with E-state index in [0.29, 0.717) is 12.1 Å². The Hall–Kier alpha value is -1.89. The van der Waals surface area contributed by atoms with Crippen molar-refractivity contribution in [2.75, 3.05) is 0 Å². The zero-order chi connectivity index (χ0) is 12.9.